The third kappa shape index (κ3) is 5.33. The van der Waals surface area contributed by atoms with Gasteiger partial charge in [-0.05, 0) is 50.5 Å². The molecule has 122 valence electrons. The van der Waals surface area contributed by atoms with Crippen molar-refractivity contribution in [3.63, 3.8) is 0 Å². The van der Waals surface area contributed by atoms with Gasteiger partial charge < -0.3 is 15.4 Å². The molecule has 0 radical (unpaired) electrons. The van der Waals surface area contributed by atoms with Gasteiger partial charge in [0.25, 0.3) is 0 Å². The van der Waals surface area contributed by atoms with Crippen LogP contribution in [0, 0.1) is 20.8 Å². The minimum absolute atomic E-state index is 0.181. The summed E-state index contributed by atoms with van der Waals surface area (Å²) in [7, 11) is 0. The minimum atomic E-state index is -0.181. The lowest BCUT2D eigenvalue weighted by Crippen LogP contribution is -2.30. The Hall–Kier alpha value is -2.49. The van der Waals surface area contributed by atoms with E-state index in [0.717, 1.165) is 29.0 Å². The number of ether oxygens (including phenoxy) is 1. The van der Waals surface area contributed by atoms with E-state index < -0.39 is 0 Å². The first kappa shape index (κ1) is 16.9. The average molecular weight is 312 g/mol. The summed E-state index contributed by atoms with van der Waals surface area (Å²) in [5.41, 5.74) is 4.23. The van der Waals surface area contributed by atoms with Gasteiger partial charge in [0.2, 0.25) is 0 Å². The number of carbonyl (C=O) groups is 1. The first-order valence-corrected chi connectivity index (χ1v) is 7.87. The van der Waals surface area contributed by atoms with Crippen molar-refractivity contribution in [3.05, 3.63) is 59.2 Å². The predicted molar refractivity (Wildman–Crippen MR) is 94.2 cm³/mol. The molecule has 0 atom stereocenters. The zero-order chi connectivity index (χ0) is 16.7. The highest BCUT2D eigenvalue weighted by atomic mass is 16.5. The highest BCUT2D eigenvalue weighted by Crippen LogP contribution is 2.21. The fraction of sp³-hybridized carbons (Fsp3) is 0.316. The zero-order valence-electron chi connectivity index (χ0n) is 14.0. The number of rotatable bonds is 6. The van der Waals surface area contributed by atoms with Crippen LogP contribution in [0.1, 0.15) is 23.1 Å². The Kier molecular flexibility index (Phi) is 6.03. The van der Waals surface area contributed by atoms with Crippen LogP contribution < -0.4 is 15.4 Å². The van der Waals surface area contributed by atoms with Gasteiger partial charge >= 0.3 is 6.03 Å². The van der Waals surface area contributed by atoms with Gasteiger partial charge in [-0.1, -0.05) is 35.9 Å². The molecule has 0 spiro atoms. The lowest BCUT2D eigenvalue weighted by Gasteiger charge is -2.13. The Labute approximate surface area is 137 Å². The first-order valence-electron chi connectivity index (χ1n) is 7.87. The van der Waals surface area contributed by atoms with E-state index in [0.29, 0.717) is 13.2 Å². The molecule has 0 unspecified atom stereocenters. The van der Waals surface area contributed by atoms with Crippen LogP contribution in [0.3, 0.4) is 0 Å². The number of hydrogen-bond donors (Lipinski definition) is 2. The number of aryl methyl sites for hydroxylation is 3. The highest BCUT2D eigenvalue weighted by Gasteiger charge is 2.07. The number of amides is 2. The van der Waals surface area contributed by atoms with Crippen molar-refractivity contribution in [2.24, 2.45) is 0 Å². The van der Waals surface area contributed by atoms with Gasteiger partial charge in [-0.25, -0.2) is 4.79 Å². The van der Waals surface area contributed by atoms with E-state index in [1.54, 1.807) is 0 Å². The van der Waals surface area contributed by atoms with Gasteiger partial charge in [0, 0.05) is 12.2 Å². The molecule has 2 aromatic rings. The lowest BCUT2D eigenvalue weighted by molar-refractivity contribution is 0.250. The number of urea groups is 1. The standard InChI is InChI=1S/C19H24N2O2/c1-14-12-15(2)18(16(3)13-14)21-19(22)20-10-7-11-23-17-8-5-4-6-9-17/h4-6,8-9,12-13H,7,10-11H2,1-3H3,(H2,20,21,22). The molecule has 0 bridgehead atoms. The Morgan fingerprint density at radius 3 is 2.35 bits per heavy atom. The molecule has 0 aliphatic heterocycles. The van der Waals surface area contributed by atoms with E-state index in [1.807, 2.05) is 44.2 Å². The molecule has 2 amide bonds. The number of benzene rings is 2. The second-order valence-electron chi connectivity index (χ2n) is 5.67. The largest absolute Gasteiger partial charge is 0.494 e. The zero-order valence-corrected chi connectivity index (χ0v) is 14.0. The monoisotopic (exact) mass is 312 g/mol. The van der Waals surface area contributed by atoms with Crippen molar-refractivity contribution >= 4 is 11.7 Å². The summed E-state index contributed by atoms with van der Waals surface area (Å²) in [6, 6.07) is 13.6. The van der Waals surface area contributed by atoms with Crippen LogP contribution in [0.15, 0.2) is 42.5 Å². The molecule has 2 N–H and O–H groups in total. The number of nitrogens with one attached hydrogen (secondary N) is 2. The molecule has 23 heavy (non-hydrogen) atoms. The summed E-state index contributed by atoms with van der Waals surface area (Å²) in [6.45, 7) is 7.21. The van der Waals surface area contributed by atoms with E-state index >= 15 is 0 Å². The van der Waals surface area contributed by atoms with Gasteiger partial charge in [0.1, 0.15) is 5.75 Å². The van der Waals surface area contributed by atoms with Crippen LogP contribution in [-0.2, 0) is 0 Å². The molecule has 2 rings (SSSR count). The topological polar surface area (TPSA) is 50.4 Å². The summed E-state index contributed by atoms with van der Waals surface area (Å²) in [6.07, 6.45) is 0.758. The third-order valence-electron chi connectivity index (χ3n) is 3.53. The SMILES string of the molecule is Cc1cc(C)c(NC(=O)NCCCOc2ccccc2)c(C)c1. The molecule has 0 heterocycles. The molecule has 0 fully saturated rings. The molecule has 0 aromatic heterocycles. The summed E-state index contributed by atoms with van der Waals surface area (Å²) >= 11 is 0. The van der Waals surface area contributed by atoms with E-state index in [2.05, 4.69) is 29.7 Å². The number of hydrogen-bond acceptors (Lipinski definition) is 2. The van der Waals surface area contributed by atoms with E-state index in [4.69, 9.17) is 4.74 Å². The van der Waals surface area contributed by atoms with Gasteiger partial charge in [0.05, 0.1) is 6.61 Å². The fourth-order valence-corrected chi connectivity index (χ4v) is 2.52. The van der Waals surface area contributed by atoms with Crippen molar-refractivity contribution in [2.45, 2.75) is 27.2 Å². The second kappa shape index (κ2) is 8.22. The normalized spacial score (nSPS) is 10.2. The van der Waals surface area contributed by atoms with Gasteiger partial charge in [-0.15, -0.1) is 0 Å². The van der Waals surface area contributed by atoms with Gasteiger partial charge in [-0.2, -0.15) is 0 Å². The van der Waals surface area contributed by atoms with Crippen LogP contribution in [0.4, 0.5) is 10.5 Å². The van der Waals surface area contributed by atoms with Crippen molar-refractivity contribution in [3.8, 4) is 5.75 Å². The van der Waals surface area contributed by atoms with Gasteiger partial charge in [-0.3, -0.25) is 0 Å². The second-order valence-corrected chi connectivity index (χ2v) is 5.67. The summed E-state index contributed by atoms with van der Waals surface area (Å²) in [4.78, 5) is 12.0. The molecular weight excluding hydrogens is 288 g/mol. The van der Waals surface area contributed by atoms with Gasteiger partial charge in [0.15, 0.2) is 0 Å². The van der Waals surface area contributed by atoms with Crippen LogP contribution in [0.2, 0.25) is 0 Å². The summed E-state index contributed by atoms with van der Waals surface area (Å²) in [5.74, 6) is 0.850. The molecule has 0 saturated carbocycles. The molecule has 0 saturated heterocycles. The Balaban J connectivity index is 1.71. The van der Waals surface area contributed by atoms with E-state index in [1.165, 1.54) is 5.56 Å². The Bertz CT molecular complexity index is 631. The maximum atomic E-state index is 12.0. The van der Waals surface area contributed by atoms with Crippen molar-refractivity contribution in [1.82, 2.24) is 5.32 Å². The van der Waals surface area contributed by atoms with Crippen LogP contribution >= 0.6 is 0 Å². The first-order chi connectivity index (χ1) is 11.1. The molecular formula is C19H24N2O2. The summed E-state index contributed by atoms with van der Waals surface area (Å²) < 4.78 is 5.59. The fourth-order valence-electron chi connectivity index (χ4n) is 2.52. The quantitative estimate of drug-likeness (QED) is 0.785. The van der Waals surface area contributed by atoms with Crippen molar-refractivity contribution in [1.29, 1.82) is 0 Å². The molecule has 2 aromatic carbocycles. The van der Waals surface area contributed by atoms with Crippen LogP contribution in [0.25, 0.3) is 0 Å². The molecule has 0 aliphatic rings. The Morgan fingerprint density at radius 1 is 1.04 bits per heavy atom. The van der Waals surface area contributed by atoms with E-state index in [9.17, 15) is 4.79 Å². The minimum Gasteiger partial charge on any atom is -0.494 e. The van der Waals surface area contributed by atoms with Crippen LogP contribution in [0.5, 0.6) is 5.75 Å². The highest BCUT2D eigenvalue weighted by molar-refractivity contribution is 5.91. The maximum absolute atomic E-state index is 12.0. The Morgan fingerprint density at radius 2 is 1.70 bits per heavy atom. The smallest absolute Gasteiger partial charge is 0.319 e. The van der Waals surface area contributed by atoms with Crippen LogP contribution in [-0.4, -0.2) is 19.2 Å². The third-order valence-corrected chi connectivity index (χ3v) is 3.53. The number of para-hydroxylation sites is 1. The maximum Gasteiger partial charge on any atom is 0.319 e. The van der Waals surface area contributed by atoms with Crippen molar-refractivity contribution < 1.29 is 9.53 Å². The number of anilines is 1. The number of carbonyl (C=O) groups excluding carboxylic acids is 1. The lowest BCUT2D eigenvalue weighted by atomic mass is 10.1. The molecule has 4 heteroatoms. The molecule has 0 aliphatic carbocycles. The van der Waals surface area contributed by atoms with Crippen molar-refractivity contribution in [2.75, 3.05) is 18.5 Å². The summed E-state index contributed by atoms with van der Waals surface area (Å²) in [5, 5.41) is 5.78. The average Bonchev–Trinajstić information content (AvgIpc) is 2.51. The van der Waals surface area contributed by atoms with E-state index in [-0.39, 0.29) is 6.03 Å². The molecule has 4 nitrogen and oxygen atoms in total. The predicted octanol–water partition coefficient (Wildman–Crippen LogP) is 4.20.